The molecule has 20 heavy (non-hydrogen) atoms. The lowest BCUT2D eigenvalue weighted by Gasteiger charge is -2.08. The molecule has 110 valence electrons. The molecule has 1 N–H and O–H groups in total. The molecule has 5 nitrogen and oxygen atoms in total. The molecule has 0 saturated heterocycles. The predicted molar refractivity (Wildman–Crippen MR) is 74.1 cm³/mol. The summed E-state index contributed by atoms with van der Waals surface area (Å²) >= 11 is 0. The van der Waals surface area contributed by atoms with Gasteiger partial charge in [-0.1, -0.05) is 19.8 Å². The normalized spacial score (nSPS) is 10.1. The van der Waals surface area contributed by atoms with Crippen LogP contribution in [0.3, 0.4) is 0 Å². The average molecular weight is 280 g/mol. The minimum Gasteiger partial charge on any atom is -0.507 e. The summed E-state index contributed by atoms with van der Waals surface area (Å²) < 4.78 is 10.2. The first-order chi connectivity index (χ1) is 9.54. The van der Waals surface area contributed by atoms with Crippen LogP contribution in [0.4, 0.5) is 0 Å². The number of esters is 1. The van der Waals surface area contributed by atoms with Gasteiger partial charge in [0.1, 0.15) is 11.5 Å². The van der Waals surface area contributed by atoms with Gasteiger partial charge in [-0.15, -0.1) is 0 Å². The fourth-order valence-corrected chi connectivity index (χ4v) is 1.62. The molecule has 0 aromatic heterocycles. The summed E-state index contributed by atoms with van der Waals surface area (Å²) in [4.78, 5) is 22.5. The number of ketones is 1. The standard InChI is InChI=1S/C15H20O5/c1-3-4-5-8-19-15(18)10-20-12-6-7-13(11(2)16)14(17)9-12/h6-7,9,17H,3-5,8,10H2,1-2H3. The highest BCUT2D eigenvalue weighted by Crippen LogP contribution is 2.23. The second-order valence-corrected chi connectivity index (χ2v) is 4.45. The number of benzene rings is 1. The van der Waals surface area contributed by atoms with Crippen molar-refractivity contribution in [2.75, 3.05) is 13.2 Å². The van der Waals surface area contributed by atoms with E-state index in [1.165, 1.54) is 25.1 Å². The van der Waals surface area contributed by atoms with Crippen molar-refractivity contribution in [3.8, 4) is 11.5 Å². The molecule has 5 heteroatoms. The van der Waals surface area contributed by atoms with Crippen molar-refractivity contribution >= 4 is 11.8 Å². The molecular weight excluding hydrogens is 260 g/mol. The van der Waals surface area contributed by atoms with E-state index in [4.69, 9.17) is 9.47 Å². The van der Waals surface area contributed by atoms with E-state index >= 15 is 0 Å². The number of unbranched alkanes of at least 4 members (excludes halogenated alkanes) is 2. The van der Waals surface area contributed by atoms with Gasteiger partial charge >= 0.3 is 5.97 Å². The lowest BCUT2D eigenvalue weighted by Crippen LogP contribution is -2.15. The van der Waals surface area contributed by atoms with E-state index < -0.39 is 5.97 Å². The lowest BCUT2D eigenvalue weighted by atomic mass is 10.1. The molecule has 0 aliphatic carbocycles. The second-order valence-electron chi connectivity index (χ2n) is 4.45. The van der Waals surface area contributed by atoms with Crippen LogP contribution in [0, 0.1) is 0 Å². The Morgan fingerprint density at radius 1 is 1.25 bits per heavy atom. The van der Waals surface area contributed by atoms with Crippen molar-refractivity contribution < 1.29 is 24.2 Å². The minimum atomic E-state index is -0.448. The SMILES string of the molecule is CCCCCOC(=O)COc1ccc(C(C)=O)c(O)c1. The van der Waals surface area contributed by atoms with Crippen LogP contribution in [0.5, 0.6) is 11.5 Å². The third kappa shape index (κ3) is 5.30. The molecule has 0 radical (unpaired) electrons. The van der Waals surface area contributed by atoms with Crippen LogP contribution in [0.15, 0.2) is 18.2 Å². The highest BCUT2D eigenvalue weighted by atomic mass is 16.6. The highest BCUT2D eigenvalue weighted by molar-refractivity contribution is 5.96. The number of carbonyl (C=O) groups excluding carboxylic acids is 2. The fraction of sp³-hybridized carbons (Fsp3) is 0.467. The van der Waals surface area contributed by atoms with Crippen LogP contribution in [-0.2, 0) is 9.53 Å². The number of hydrogen-bond acceptors (Lipinski definition) is 5. The zero-order valence-electron chi connectivity index (χ0n) is 11.8. The smallest absolute Gasteiger partial charge is 0.344 e. The molecule has 1 aromatic carbocycles. The second kappa shape index (κ2) is 8.19. The van der Waals surface area contributed by atoms with Crippen LogP contribution < -0.4 is 4.74 Å². The molecule has 0 aliphatic heterocycles. The number of ether oxygens (including phenoxy) is 2. The van der Waals surface area contributed by atoms with Crippen molar-refractivity contribution in [3.63, 3.8) is 0 Å². The Morgan fingerprint density at radius 3 is 2.60 bits per heavy atom. The number of hydrogen-bond donors (Lipinski definition) is 1. The molecule has 0 aliphatic rings. The Hall–Kier alpha value is -2.04. The Balaban J connectivity index is 2.40. The van der Waals surface area contributed by atoms with Crippen molar-refractivity contribution in [2.45, 2.75) is 33.1 Å². The summed E-state index contributed by atoms with van der Waals surface area (Å²) in [6.07, 6.45) is 2.93. The molecule has 0 atom stereocenters. The van der Waals surface area contributed by atoms with E-state index in [1.807, 2.05) is 0 Å². The maximum atomic E-state index is 11.4. The summed E-state index contributed by atoms with van der Waals surface area (Å²) in [6.45, 7) is 3.61. The van der Waals surface area contributed by atoms with Crippen LogP contribution in [-0.4, -0.2) is 30.1 Å². The Labute approximate surface area is 118 Å². The van der Waals surface area contributed by atoms with Gasteiger partial charge in [0, 0.05) is 6.07 Å². The third-order valence-electron chi connectivity index (χ3n) is 2.72. The first-order valence-electron chi connectivity index (χ1n) is 6.67. The molecule has 0 spiro atoms. The molecule has 0 heterocycles. The minimum absolute atomic E-state index is 0.161. The summed E-state index contributed by atoms with van der Waals surface area (Å²) in [5, 5.41) is 9.61. The number of Topliss-reactive ketones (excluding diaryl/α,β-unsaturated/α-hetero) is 1. The molecule has 1 rings (SSSR count). The van der Waals surface area contributed by atoms with E-state index in [0.717, 1.165) is 19.3 Å². The fourth-order valence-electron chi connectivity index (χ4n) is 1.62. The molecule has 0 unspecified atom stereocenters. The lowest BCUT2D eigenvalue weighted by molar-refractivity contribution is -0.146. The largest absolute Gasteiger partial charge is 0.507 e. The van der Waals surface area contributed by atoms with E-state index in [9.17, 15) is 14.7 Å². The van der Waals surface area contributed by atoms with Gasteiger partial charge in [0.15, 0.2) is 12.4 Å². The van der Waals surface area contributed by atoms with Crippen LogP contribution in [0.2, 0.25) is 0 Å². The maximum absolute atomic E-state index is 11.4. The number of phenolic OH excluding ortho intramolecular Hbond substituents is 1. The average Bonchev–Trinajstić information content (AvgIpc) is 2.41. The molecule has 0 saturated carbocycles. The van der Waals surface area contributed by atoms with E-state index in [0.29, 0.717) is 12.4 Å². The summed E-state index contributed by atoms with van der Waals surface area (Å²) in [7, 11) is 0. The summed E-state index contributed by atoms with van der Waals surface area (Å²) in [5.41, 5.74) is 0.222. The van der Waals surface area contributed by atoms with Crippen molar-refractivity contribution in [1.29, 1.82) is 0 Å². The monoisotopic (exact) mass is 280 g/mol. The Bertz CT molecular complexity index is 467. The quantitative estimate of drug-likeness (QED) is 0.450. The zero-order chi connectivity index (χ0) is 15.0. The van der Waals surface area contributed by atoms with E-state index in [2.05, 4.69) is 6.92 Å². The van der Waals surface area contributed by atoms with Gasteiger partial charge in [-0.05, 0) is 25.5 Å². The first-order valence-corrected chi connectivity index (χ1v) is 6.67. The predicted octanol–water partition coefficient (Wildman–Crippen LogP) is 2.71. The van der Waals surface area contributed by atoms with Crippen molar-refractivity contribution in [1.82, 2.24) is 0 Å². The van der Waals surface area contributed by atoms with Crippen molar-refractivity contribution in [3.05, 3.63) is 23.8 Å². The van der Waals surface area contributed by atoms with Crippen LogP contribution in [0.25, 0.3) is 0 Å². The number of aromatic hydroxyl groups is 1. The summed E-state index contributed by atoms with van der Waals surface area (Å²) in [5.74, 6) is -0.523. The van der Waals surface area contributed by atoms with E-state index in [1.54, 1.807) is 0 Å². The number of phenols is 1. The highest BCUT2D eigenvalue weighted by Gasteiger charge is 2.09. The number of carbonyl (C=O) groups is 2. The Morgan fingerprint density at radius 2 is 2.00 bits per heavy atom. The van der Waals surface area contributed by atoms with Crippen molar-refractivity contribution in [2.24, 2.45) is 0 Å². The topological polar surface area (TPSA) is 72.8 Å². The van der Waals surface area contributed by atoms with Crippen LogP contribution in [0.1, 0.15) is 43.5 Å². The molecular formula is C15H20O5. The van der Waals surface area contributed by atoms with Gasteiger partial charge in [-0.3, -0.25) is 4.79 Å². The van der Waals surface area contributed by atoms with Gasteiger partial charge in [0.25, 0.3) is 0 Å². The van der Waals surface area contributed by atoms with Crippen LogP contribution >= 0.6 is 0 Å². The Kier molecular flexibility index (Phi) is 6.56. The summed E-state index contributed by atoms with van der Waals surface area (Å²) in [6, 6.07) is 4.29. The van der Waals surface area contributed by atoms with Gasteiger partial charge in [-0.2, -0.15) is 0 Å². The molecule has 0 bridgehead atoms. The van der Waals surface area contributed by atoms with E-state index in [-0.39, 0.29) is 23.7 Å². The number of rotatable bonds is 8. The van der Waals surface area contributed by atoms with Gasteiger partial charge in [0.05, 0.1) is 12.2 Å². The molecule has 0 fully saturated rings. The molecule has 1 aromatic rings. The first kappa shape index (κ1) is 16.0. The van der Waals surface area contributed by atoms with Gasteiger partial charge in [0.2, 0.25) is 0 Å². The van der Waals surface area contributed by atoms with Gasteiger partial charge in [-0.25, -0.2) is 4.79 Å². The molecule has 0 amide bonds. The third-order valence-corrected chi connectivity index (χ3v) is 2.72. The zero-order valence-corrected chi connectivity index (χ0v) is 11.8. The van der Waals surface area contributed by atoms with Gasteiger partial charge < -0.3 is 14.6 Å². The maximum Gasteiger partial charge on any atom is 0.344 e.